The molecule has 4 aromatic rings. The maximum atomic E-state index is 6.08. The quantitative estimate of drug-likeness (QED) is 0.421. The standard InChI is InChI=1S/C26H22N2O4/c1-29-22-11-9-19(14-23(22)30-2)18-8-10-21-20(13-18)26(28-16-27-21)24-15-31-25(32-24)12-17-6-4-3-5-7-17/h3-11,13-16,25H,12H2,1-2H3. The summed E-state index contributed by atoms with van der Waals surface area (Å²) in [5.74, 6) is 1.96. The lowest BCUT2D eigenvalue weighted by Crippen LogP contribution is -2.12. The van der Waals surface area contributed by atoms with Gasteiger partial charge in [0.05, 0.1) is 19.7 Å². The fourth-order valence-corrected chi connectivity index (χ4v) is 3.79. The Kier molecular flexibility index (Phi) is 5.34. The number of nitrogens with zero attached hydrogens (tertiary/aromatic N) is 2. The minimum Gasteiger partial charge on any atom is -0.493 e. The fourth-order valence-electron chi connectivity index (χ4n) is 3.79. The summed E-state index contributed by atoms with van der Waals surface area (Å²) in [6, 6.07) is 22.0. The molecule has 0 aliphatic carbocycles. The van der Waals surface area contributed by atoms with Gasteiger partial charge in [-0.3, -0.25) is 0 Å². The number of fused-ring (bicyclic) bond motifs is 1. The normalized spacial score (nSPS) is 15.1. The molecule has 5 rings (SSSR count). The highest BCUT2D eigenvalue weighted by molar-refractivity contribution is 5.91. The average molecular weight is 426 g/mol. The maximum absolute atomic E-state index is 6.08. The van der Waals surface area contributed by atoms with Crippen molar-refractivity contribution in [2.75, 3.05) is 14.2 Å². The number of rotatable bonds is 6. The van der Waals surface area contributed by atoms with Gasteiger partial charge < -0.3 is 18.9 Å². The van der Waals surface area contributed by atoms with Crippen molar-refractivity contribution < 1.29 is 18.9 Å². The predicted octanol–water partition coefficient (Wildman–Crippen LogP) is 5.23. The van der Waals surface area contributed by atoms with Crippen LogP contribution in [0, 0.1) is 0 Å². The molecule has 2 heterocycles. The van der Waals surface area contributed by atoms with Gasteiger partial charge in [-0.1, -0.05) is 42.5 Å². The zero-order valence-electron chi connectivity index (χ0n) is 17.8. The SMILES string of the molecule is COc1ccc(-c2ccc3ncnc(C4=COC(Cc5ccccc5)O4)c3c2)cc1OC. The van der Waals surface area contributed by atoms with Gasteiger partial charge in [-0.25, -0.2) is 9.97 Å². The molecule has 1 unspecified atom stereocenters. The van der Waals surface area contributed by atoms with E-state index in [1.807, 2.05) is 48.5 Å². The topological polar surface area (TPSA) is 62.7 Å². The Morgan fingerprint density at radius 2 is 1.62 bits per heavy atom. The lowest BCUT2D eigenvalue weighted by atomic mass is 10.0. The molecule has 0 saturated heterocycles. The second-order valence-corrected chi connectivity index (χ2v) is 7.38. The van der Waals surface area contributed by atoms with E-state index in [9.17, 15) is 0 Å². The molecule has 0 N–H and O–H groups in total. The third-order valence-electron chi connectivity index (χ3n) is 5.42. The van der Waals surface area contributed by atoms with Gasteiger partial charge in [0.2, 0.25) is 6.29 Å². The van der Waals surface area contributed by atoms with E-state index in [4.69, 9.17) is 18.9 Å². The van der Waals surface area contributed by atoms with Gasteiger partial charge in [0.1, 0.15) is 18.3 Å². The molecule has 1 aromatic heterocycles. The van der Waals surface area contributed by atoms with E-state index in [2.05, 4.69) is 28.2 Å². The summed E-state index contributed by atoms with van der Waals surface area (Å²) in [7, 11) is 3.25. The number of methoxy groups -OCH3 is 2. The van der Waals surface area contributed by atoms with E-state index in [-0.39, 0.29) is 6.29 Å². The largest absolute Gasteiger partial charge is 0.493 e. The Morgan fingerprint density at radius 1 is 0.844 bits per heavy atom. The summed E-state index contributed by atoms with van der Waals surface area (Å²) in [6.45, 7) is 0. The lowest BCUT2D eigenvalue weighted by molar-refractivity contribution is -0.0137. The predicted molar refractivity (Wildman–Crippen MR) is 122 cm³/mol. The first-order valence-corrected chi connectivity index (χ1v) is 10.3. The average Bonchev–Trinajstić information content (AvgIpc) is 3.31. The minimum absolute atomic E-state index is 0.383. The van der Waals surface area contributed by atoms with Crippen molar-refractivity contribution in [1.82, 2.24) is 9.97 Å². The molecule has 0 radical (unpaired) electrons. The van der Waals surface area contributed by atoms with Gasteiger partial charge in [0.25, 0.3) is 0 Å². The second kappa shape index (κ2) is 8.59. The van der Waals surface area contributed by atoms with Crippen molar-refractivity contribution in [3.63, 3.8) is 0 Å². The molecular weight excluding hydrogens is 404 g/mol. The molecule has 1 atom stereocenters. The molecule has 0 spiro atoms. The summed E-state index contributed by atoms with van der Waals surface area (Å²) in [5, 5.41) is 0.884. The summed E-state index contributed by atoms with van der Waals surface area (Å²) in [4.78, 5) is 8.91. The number of benzene rings is 3. The van der Waals surface area contributed by atoms with E-state index in [1.54, 1.807) is 26.8 Å². The molecule has 0 amide bonds. The Hall–Kier alpha value is -4.06. The van der Waals surface area contributed by atoms with Gasteiger partial charge in [0, 0.05) is 11.8 Å². The molecule has 160 valence electrons. The van der Waals surface area contributed by atoms with Crippen LogP contribution in [-0.4, -0.2) is 30.5 Å². The highest BCUT2D eigenvalue weighted by atomic mass is 16.7. The molecule has 32 heavy (non-hydrogen) atoms. The van der Waals surface area contributed by atoms with Crippen molar-refractivity contribution in [1.29, 1.82) is 0 Å². The molecule has 6 heteroatoms. The Balaban J connectivity index is 1.46. The van der Waals surface area contributed by atoms with E-state index in [0.717, 1.165) is 27.6 Å². The van der Waals surface area contributed by atoms with Crippen LogP contribution in [0.2, 0.25) is 0 Å². The molecule has 0 fully saturated rings. The van der Waals surface area contributed by atoms with Crippen LogP contribution in [0.5, 0.6) is 11.5 Å². The van der Waals surface area contributed by atoms with Crippen LogP contribution < -0.4 is 9.47 Å². The van der Waals surface area contributed by atoms with Gasteiger partial charge in [0.15, 0.2) is 17.3 Å². The van der Waals surface area contributed by atoms with Crippen molar-refractivity contribution in [3.8, 4) is 22.6 Å². The molecule has 1 aliphatic heterocycles. The van der Waals surface area contributed by atoms with Gasteiger partial charge in [-0.15, -0.1) is 0 Å². The van der Waals surface area contributed by atoms with Crippen LogP contribution in [-0.2, 0) is 15.9 Å². The number of aromatic nitrogens is 2. The fraction of sp³-hybridized carbons (Fsp3) is 0.154. The van der Waals surface area contributed by atoms with Crippen molar-refractivity contribution in [3.05, 3.63) is 90.6 Å². The first-order chi connectivity index (χ1) is 15.7. The third-order valence-corrected chi connectivity index (χ3v) is 5.42. The summed E-state index contributed by atoms with van der Waals surface area (Å²) in [6.07, 6.45) is 3.45. The third kappa shape index (κ3) is 3.83. The molecule has 1 aliphatic rings. The lowest BCUT2D eigenvalue weighted by Gasteiger charge is -2.13. The van der Waals surface area contributed by atoms with Gasteiger partial charge in [-0.2, -0.15) is 0 Å². The number of hydrogen-bond acceptors (Lipinski definition) is 6. The zero-order chi connectivity index (χ0) is 21.9. The van der Waals surface area contributed by atoms with Gasteiger partial charge >= 0.3 is 0 Å². The van der Waals surface area contributed by atoms with Crippen LogP contribution in [0.3, 0.4) is 0 Å². The molecule has 0 saturated carbocycles. The highest BCUT2D eigenvalue weighted by Gasteiger charge is 2.24. The number of ether oxygens (including phenoxy) is 4. The van der Waals surface area contributed by atoms with Crippen molar-refractivity contribution in [2.45, 2.75) is 12.7 Å². The summed E-state index contributed by atoms with van der Waals surface area (Å²) >= 11 is 0. The first kappa shape index (κ1) is 19.9. The van der Waals surface area contributed by atoms with Crippen molar-refractivity contribution >= 4 is 16.7 Å². The van der Waals surface area contributed by atoms with E-state index in [1.165, 1.54) is 0 Å². The Labute approximate surface area is 186 Å². The smallest absolute Gasteiger partial charge is 0.244 e. The molecule has 3 aromatic carbocycles. The zero-order valence-corrected chi connectivity index (χ0v) is 17.8. The molecule has 0 bridgehead atoms. The first-order valence-electron chi connectivity index (χ1n) is 10.3. The summed E-state index contributed by atoms with van der Waals surface area (Å²) < 4.78 is 22.7. The van der Waals surface area contributed by atoms with E-state index >= 15 is 0 Å². The molecular formula is C26H22N2O4. The van der Waals surface area contributed by atoms with Crippen molar-refractivity contribution in [2.24, 2.45) is 0 Å². The monoisotopic (exact) mass is 426 g/mol. The van der Waals surface area contributed by atoms with Gasteiger partial charge in [-0.05, 0) is 41.0 Å². The highest BCUT2D eigenvalue weighted by Crippen LogP contribution is 2.35. The Morgan fingerprint density at radius 3 is 2.44 bits per heavy atom. The summed E-state index contributed by atoms with van der Waals surface area (Å²) in [5.41, 5.74) is 4.69. The van der Waals surface area contributed by atoms with E-state index < -0.39 is 0 Å². The molecule has 6 nitrogen and oxygen atoms in total. The van der Waals surface area contributed by atoms with Crippen LogP contribution in [0.1, 0.15) is 11.3 Å². The minimum atomic E-state index is -0.383. The number of hydrogen-bond donors (Lipinski definition) is 0. The van der Waals surface area contributed by atoms with Crippen LogP contribution >= 0.6 is 0 Å². The Bertz CT molecular complexity index is 1290. The van der Waals surface area contributed by atoms with E-state index in [0.29, 0.717) is 29.4 Å². The maximum Gasteiger partial charge on any atom is 0.244 e. The van der Waals surface area contributed by atoms with Crippen LogP contribution in [0.4, 0.5) is 0 Å². The van der Waals surface area contributed by atoms with Crippen LogP contribution in [0.15, 0.2) is 79.3 Å². The second-order valence-electron chi connectivity index (χ2n) is 7.38. The van der Waals surface area contributed by atoms with Crippen LogP contribution in [0.25, 0.3) is 27.8 Å².